The van der Waals surface area contributed by atoms with Crippen molar-refractivity contribution in [3.63, 3.8) is 0 Å². The van der Waals surface area contributed by atoms with Crippen molar-refractivity contribution in [2.24, 2.45) is 0 Å². The molecule has 0 spiro atoms. The first-order valence-electron chi connectivity index (χ1n) is 15.8. The average molecular weight is 596 g/mol. The summed E-state index contributed by atoms with van der Waals surface area (Å²) in [6.07, 6.45) is 0. The van der Waals surface area contributed by atoms with Gasteiger partial charge in [0.2, 0.25) is 5.71 Å². The largest absolute Gasteiger partial charge is 0.437 e. The molecular formula is C40H38FN3O. The Morgan fingerprint density at radius 3 is 2.09 bits per heavy atom. The lowest BCUT2D eigenvalue weighted by molar-refractivity contribution is 0.586. The van der Waals surface area contributed by atoms with Gasteiger partial charge in [-0.1, -0.05) is 84.9 Å². The molecule has 0 unspecified atom stereocenters. The van der Waals surface area contributed by atoms with Crippen molar-refractivity contribution in [1.82, 2.24) is 14.5 Å². The van der Waals surface area contributed by atoms with Crippen molar-refractivity contribution in [2.45, 2.75) is 65.7 Å². The zero-order valence-electron chi connectivity index (χ0n) is 26.9. The van der Waals surface area contributed by atoms with Gasteiger partial charge < -0.3 is 4.42 Å². The highest BCUT2D eigenvalue weighted by Gasteiger charge is 2.27. The molecule has 0 fully saturated rings. The Morgan fingerprint density at radius 1 is 0.733 bits per heavy atom. The number of halogens is 1. The predicted molar refractivity (Wildman–Crippen MR) is 184 cm³/mol. The van der Waals surface area contributed by atoms with Crippen molar-refractivity contribution in [2.75, 3.05) is 0 Å². The van der Waals surface area contributed by atoms with E-state index in [2.05, 4.69) is 102 Å². The van der Waals surface area contributed by atoms with Crippen LogP contribution in [0.25, 0.3) is 61.4 Å². The first-order chi connectivity index (χ1) is 21.5. The van der Waals surface area contributed by atoms with Crippen molar-refractivity contribution in [3.8, 4) is 28.3 Å². The highest BCUT2D eigenvalue weighted by atomic mass is 19.1. The Bertz CT molecular complexity index is 2180. The number of rotatable bonds is 5. The molecule has 0 aliphatic heterocycles. The number of nitrogens with zero attached hydrogens (tertiary/aromatic N) is 3. The minimum absolute atomic E-state index is 0.0191. The normalized spacial score (nSPS) is 12.4. The molecule has 7 rings (SSSR count). The lowest BCUT2D eigenvalue weighted by Gasteiger charge is -2.28. The third kappa shape index (κ3) is 4.91. The molecule has 4 nitrogen and oxygen atoms in total. The molecule has 0 atom stereocenters. The average Bonchev–Trinajstić information content (AvgIpc) is 3.58. The Morgan fingerprint density at radius 2 is 1.42 bits per heavy atom. The monoisotopic (exact) mass is 595 g/mol. The molecule has 0 radical (unpaired) electrons. The molecule has 0 bridgehead atoms. The van der Waals surface area contributed by atoms with E-state index in [1.54, 1.807) is 12.1 Å². The topological polar surface area (TPSA) is 43.9 Å². The third-order valence-electron chi connectivity index (χ3n) is 8.81. The number of para-hydroxylation sites is 3. The number of furan rings is 1. The smallest absolute Gasteiger partial charge is 0.227 e. The summed E-state index contributed by atoms with van der Waals surface area (Å²) in [5.41, 5.74) is 10.9. The second kappa shape index (κ2) is 10.7. The Kier molecular flexibility index (Phi) is 6.88. The minimum Gasteiger partial charge on any atom is -0.437 e. The Labute approximate surface area is 263 Å². The third-order valence-corrected chi connectivity index (χ3v) is 8.81. The summed E-state index contributed by atoms with van der Waals surface area (Å²) in [6.45, 7) is 16.0. The van der Waals surface area contributed by atoms with Crippen LogP contribution in [0.2, 0.25) is 0 Å². The van der Waals surface area contributed by atoms with E-state index in [4.69, 9.17) is 14.4 Å². The van der Waals surface area contributed by atoms with Gasteiger partial charge in [-0.05, 0) is 88.5 Å². The van der Waals surface area contributed by atoms with Gasteiger partial charge in [-0.15, -0.1) is 0 Å². The number of fused-ring (bicyclic) bond motifs is 4. The van der Waals surface area contributed by atoms with Crippen molar-refractivity contribution in [1.29, 1.82) is 0 Å². The summed E-state index contributed by atoms with van der Waals surface area (Å²) in [7, 11) is 0. The van der Waals surface area contributed by atoms with E-state index in [0.717, 1.165) is 50.0 Å². The molecule has 3 aromatic heterocycles. The number of benzene rings is 4. The molecule has 45 heavy (non-hydrogen) atoms. The summed E-state index contributed by atoms with van der Waals surface area (Å²) in [4.78, 5) is 10.1. The lowest BCUT2D eigenvalue weighted by Crippen LogP contribution is -2.16. The number of imidazole rings is 1. The van der Waals surface area contributed by atoms with Gasteiger partial charge >= 0.3 is 0 Å². The minimum atomic E-state index is -0.273. The molecule has 3 heterocycles. The van der Waals surface area contributed by atoms with Crippen LogP contribution in [0, 0.1) is 5.82 Å². The van der Waals surface area contributed by atoms with Crippen LogP contribution in [0.3, 0.4) is 0 Å². The van der Waals surface area contributed by atoms with Gasteiger partial charge in [0.25, 0.3) is 0 Å². The number of hydrogen-bond acceptors (Lipinski definition) is 3. The van der Waals surface area contributed by atoms with Crippen molar-refractivity contribution in [3.05, 3.63) is 114 Å². The van der Waals surface area contributed by atoms with E-state index < -0.39 is 0 Å². The van der Waals surface area contributed by atoms with Crippen LogP contribution >= 0.6 is 0 Å². The number of aromatic nitrogens is 3. The van der Waals surface area contributed by atoms with Crippen LogP contribution < -0.4 is 0 Å². The van der Waals surface area contributed by atoms with Gasteiger partial charge in [-0.2, -0.15) is 0 Å². The van der Waals surface area contributed by atoms with Crippen LogP contribution in [-0.2, 0) is 5.41 Å². The van der Waals surface area contributed by atoms with Crippen LogP contribution in [-0.4, -0.2) is 14.5 Å². The first kappa shape index (κ1) is 29.0. The fourth-order valence-electron chi connectivity index (χ4n) is 6.32. The second-order valence-corrected chi connectivity index (χ2v) is 13.7. The fraction of sp³-hybridized carbons (Fsp3) is 0.250. The maximum Gasteiger partial charge on any atom is 0.227 e. The molecule has 5 heteroatoms. The summed E-state index contributed by atoms with van der Waals surface area (Å²) >= 11 is 0. The predicted octanol–water partition coefficient (Wildman–Crippen LogP) is 11.3. The molecule has 0 amide bonds. The zero-order chi connectivity index (χ0) is 31.6. The van der Waals surface area contributed by atoms with E-state index in [-0.39, 0.29) is 11.2 Å². The molecular weight excluding hydrogens is 557 g/mol. The summed E-state index contributed by atoms with van der Waals surface area (Å²) < 4.78 is 22.5. The molecule has 7 aromatic rings. The molecule has 0 aliphatic carbocycles. The van der Waals surface area contributed by atoms with Gasteiger partial charge in [0.05, 0.1) is 28.0 Å². The lowest BCUT2D eigenvalue weighted by atomic mass is 9.81. The van der Waals surface area contributed by atoms with E-state index in [9.17, 15) is 4.39 Å². The maximum atomic E-state index is 13.6. The summed E-state index contributed by atoms with van der Waals surface area (Å²) in [6, 6.07) is 29.8. The van der Waals surface area contributed by atoms with E-state index in [1.165, 1.54) is 34.5 Å². The molecule has 4 aromatic carbocycles. The van der Waals surface area contributed by atoms with Gasteiger partial charge in [-0.3, -0.25) is 4.57 Å². The van der Waals surface area contributed by atoms with E-state index in [0.29, 0.717) is 17.5 Å². The Balaban J connectivity index is 1.53. The zero-order valence-corrected chi connectivity index (χ0v) is 26.9. The molecule has 0 saturated carbocycles. The van der Waals surface area contributed by atoms with Crippen LogP contribution in [0.1, 0.15) is 77.0 Å². The van der Waals surface area contributed by atoms with E-state index >= 15 is 0 Å². The van der Waals surface area contributed by atoms with Crippen molar-refractivity contribution < 1.29 is 8.81 Å². The van der Waals surface area contributed by atoms with Gasteiger partial charge in [0, 0.05) is 16.3 Å². The summed E-state index contributed by atoms with van der Waals surface area (Å²) in [5, 5.41) is 1.91. The van der Waals surface area contributed by atoms with Gasteiger partial charge in [0.1, 0.15) is 17.2 Å². The van der Waals surface area contributed by atoms with Crippen LogP contribution in [0.4, 0.5) is 4.39 Å². The van der Waals surface area contributed by atoms with E-state index in [1.807, 2.05) is 18.2 Å². The van der Waals surface area contributed by atoms with Crippen LogP contribution in [0.15, 0.2) is 95.4 Å². The van der Waals surface area contributed by atoms with Crippen LogP contribution in [0.5, 0.6) is 0 Å². The van der Waals surface area contributed by atoms with Crippen molar-refractivity contribution >= 4 is 33.1 Å². The van der Waals surface area contributed by atoms with Gasteiger partial charge in [-0.25, -0.2) is 14.4 Å². The first-order valence-corrected chi connectivity index (χ1v) is 15.8. The summed E-state index contributed by atoms with van der Waals surface area (Å²) in [5.74, 6) is 1.16. The molecule has 0 saturated heterocycles. The van der Waals surface area contributed by atoms with Gasteiger partial charge in [0.15, 0.2) is 0 Å². The Hall–Kier alpha value is -4.77. The highest BCUT2D eigenvalue weighted by Crippen LogP contribution is 2.42. The number of pyridine rings is 1. The SMILES string of the molecule is CC(C)c1cc(C(C)(C)C)cc(C(C)C)c1-n1c(-c2cccc3c2oc2nc(-c4ccc(F)cc4)ccc23)nc2ccccc21. The highest BCUT2D eigenvalue weighted by molar-refractivity contribution is 6.09. The molecule has 0 aliphatic rings. The quantitative estimate of drug-likeness (QED) is 0.199. The standard InChI is InChI=1S/C40H38FN3O/c1-23(2)31-21-26(40(5,6)7)22-32(24(3)4)36(31)44-35-14-9-8-13-34(35)42-38(44)30-12-10-11-28-29-19-20-33(43-39(29)45-37(28)30)25-15-17-27(41)18-16-25/h8-24H,1-7H3. The molecule has 226 valence electrons. The second-order valence-electron chi connectivity index (χ2n) is 13.7. The maximum absolute atomic E-state index is 13.6. The number of hydrogen-bond donors (Lipinski definition) is 0. The molecule has 0 N–H and O–H groups in total. The fourth-order valence-corrected chi connectivity index (χ4v) is 6.32.